The van der Waals surface area contributed by atoms with E-state index in [2.05, 4.69) is 40.3 Å². The van der Waals surface area contributed by atoms with Crippen LogP contribution in [-0.2, 0) is 16.1 Å². The van der Waals surface area contributed by atoms with Gasteiger partial charge in [-0.05, 0) is 93.6 Å². The molecule has 0 bridgehead atoms. The average Bonchev–Trinajstić information content (AvgIpc) is 3.88. The number of likely N-dealkylation sites (tertiary alicyclic amines) is 2. The van der Waals surface area contributed by atoms with Gasteiger partial charge in [-0.25, -0.2) is 9.50 Å². The second-order valence-corrected chi connectivity index (χ2v) is 17.5. The number of piperidine rings is 3. The van der Waals surface area contributed by atoms with Crippen molar-refractivity contribution in [3.63, 3.8) is 0 Å². The average molecular weight is 826 g/mol. The monoisotopic (exact) mass is 825 g/mol. The number of carbonyl (C=O) groups excluding carboxylic acids is 6. The molecule has 9 heterocycles. The highest BCUT2D eigenvalue weighted by Gasteiger charge is 2.46. The molecule has 2 N–H and O–H groups in total. The van der Waals surface area contributed by atoms with E-state index in [1.165, 1.54) is 19.5 Å². The van der Waals surface area contributed by atoms with E-state index in [1.54, 1.807) is 41.3 Å². The van der Waals surface area contributed by atoms with Gasteiger partial charge in [0.2, 0.25) is 11.8 Å². The number of anilines is 3. The Morgan fingerprint density at radius 2 is 1.51 bits per heavy atom. The zero-order valence-electron chi connectivity index (χ0n) is 33.8. The van der Waals surface area contributed by atoms with Crippen LogP contribution in [0.2, 0.25) is 0 Å². The summed E-state index contributed by atoms with van der Waals surface area (Å²) in [4.78, 5) is 95.7. The zero-order valence-corrected chi connectivity index (χ0v) is 33.8. The molecule has 7 aliphatic heterocycles. The predicted molar refractivity (Wildman–Crippen MR) is 222 cm³/mol. The number of imide groups is 2. The molecule has 0 spiro atoms. The molecule has 17 nitrogen and oxygen atoms in total. The topological polar surface area (TPSA) is 176 Å². The molecule has 5 saturated heterocycles. The van der Waals surface area contributed by atoms with E-state index < -0.39 is 29.7 Å². The Bertz CT molecular complexity index is 2510. The maximum atomic E-state index is 14.2. The maximum absolute atomic E-state index is 14.2. The van der Waals surface area contributed by atoms with Crippen LogP contribution >= 0.6 is 0 Å². The van der Waals surface area contributed by atoms with Gasteiger partial charge in [0.25, 0.3) is 23.6 Å². The Kier molecular flexibility index (Phi) is 9.14. The summed E-state index contributed by atoms with van der Waals surface area (Å²) in [6.07, 6.45) is 10.2. The molecule has 1 atom stereocenters. The molecule has 2 aromatic heterocycles. The fourth-order valence-corrected chi connectivity index (χ4v) is 10.5. The molecule has 0 aliphatic carbocycles. The van der Waals surface area contributed by atoms with Crippen LogP contribution in [0.1, 0.15) is 91.9 Å². The first-order valence-corrected chi connectivity index (χ1v) is 21.6. The largest absolute Gasteiger partial charge is 0.370 e. The molecule has 11 rings (SSSR count). The number of rotatable bonds is 8. The van der Waals surface area contributed by atoms with Gasteiger partial charge in [-0.15, -0.1) is 0 Å². The van der Waals surface area contributed by atoms with Gasteiger partial charge in [-0.3, -0.25) is 43.9 Å². The summed E-state index contributed by atoms with van der Waals surface area (Å²) >= 11 is 0. The standard InChI is InChI=1S/C44H47N11O6/c56-38-6-5-36(41(58)48-38)55-43(60)31-4-3-29(20-33(31)44(55)61)52-24-30(25-52)50-15-9-28(10-16-50)53-23-26-19-35(47-40(57)34-22-46-54-14-1-11-45-39(34)54)37(21-32(26)42(53)59)51-17-7-27(8-18-51)49-12-2-13-49/h1,3-4,11,14,19-22,27-28,30,36H,2,5-10,12-13,15-18,23-25H2,(H,47,57)(H,48,56,58). The number of hydrogen-bond donors (Lipinski definition) is 2. The summed E-state index contributed by atoms with van der Waals surface area (Å²) in [5, 5.41) is 9.76. The lowest BCUT2D eigenvalue weighted by Gasteiger charge is -2.49. The molecule has 314 valence electrons. The van der Waals surface area contributed by atoms with Gasteiger partial charge in [-0.2, -0.15) is 5.10 Å². The summed E-state index contributed by atoms with van der Waals surface area (Å²) in [5.41, 5.74) is 5.49. The van der Waals surface area contributed by atoms with Gasteiger partial charge in [0.1, 0.15) is 11.6 Å². The molecule has 1 unspecified atom stereocenters. The summed E-state index contributed by atoms with van der Waals surface area (Å²) in [5.74, 6) is -2.27. The van der Waals surface area contributed by atoms with Crippen LogP contribution in [-0.4, -0.2) is 146 Å². The van der Waals surface area contributed by atoms with Crippen molar-refractivity contribution in [2.45, 2.75) is 75.7 Å². The highest BCUT2D eigenvalue weighted by molar-refractivity contribution is 6.23. The summed E-state index contributed by atoms with van der Waals surface area (Å²) < 4.78 is 1.59. The van der Waals surface area contributed by atoms with Crippen LogP contribution in [0.4, 0.5) is 17.1 Å². The van der Waals surface area contributed by atoms with Crippen molar-refractivity contribution in [3.8, 4) is 0 Å². The normalized spacial score (nSPS) is 23.1. The number of aromatic nitrogens is 3. The summed E-state index contributed by atoms with van der Waals surface area (Å²) in [6.45, 7) is 7.78. The first-order valence-electron chi connectivity index (χ1n) is 21.6. The molecular formula is C44H47N11O6. The quantitative estimate of drug-likeness (QED) is 0.249. The second kappa shape index (κ2) is 14.8. The third kappa shape index (κ3) is 6.43. The highest BCUT2D eigenvalue weighted by Crippen LogP contribution is 2.39. The van der Waals surface area contributed by atoms with E-state index in [-0.39, 0.29) is 41.8 Å². The number of carbonyl (C=O) groups is 6. The van der Waals surface area contributed by atoms with Crippen LogP contribution in [0.5, 0.6) is 0 Å². The van der Waals surface area contributed by atoms with Crippen LogP contribution in [0.25, 0.3) is 5.65 Å². The lowest BCUT2D eigenvalue weighted by atomic mass is 9.97. The lowest BCUT2D eigenvalue weighted by molar-refractivity contribution is -0.136. The predicted octanol–water partition coefficient (Wildman–Crippen LogP) is 2.37. The molecule has 6 amide bonds. The third-order valence-electron chi connectivity index (χ3n) is 14.1. The van der Waals surface area contributed by atoms with Gasteiger partial charge < -0.3 is 24.9 Å². The van der Waals surface area contributed by atoms with Crippen molar-refractivity contribution in [1.29, 1.82) is 0 Å². The Morgan fingerprint density at radius 3 is 2.26 bits per heavy atom. The van der Waals surface area contributed by atoms with Gasteiger partial charge in [-0.1, -0.05) is 0 Å². The van der Waals surface area contributed by atoms with Crippen molar-refractivity contribution in [2.24, 2.45) is 0 Å². The van der Waals surface area contributed by atoms with Crippen LogP contribution in [0.3, 0.4) is 0 Å². The zero-order chi connectivity index (χ0) is 41.5. The Balaban J connectivity index is 0.742. The molecule has 2 aromatic carbocycles. The molecule has 0 saturated carbocycles. The maximum Gasteiger partial charge on any atom is 0.262 e. The van der Waals surface area contributed by atoms with Gasteiger partial charge in [0.15, 0.2) is 5.65 Å². The van der Waals surface area contributed by atoms with E-state index in [1.807, 2.05) is 23.1 Å². The minimum Gasteiger partial charge on any atom is -0.370 e. The molecule has 17 heteroatoms. The summed E-state index contributed by atoms with van der Waals surface area (Å²) in [6, 6.07) is 11.0. The van der Waals surface area contributed by atoms with E-state index in [0.717, 1.165) is 86.8 Å². The van der Waals surface area contributed by atoms with Crippen molar-refractivity contribution in [1.82, 2.24) is 39.5 Å². The van der Waals surface area contributed by atoms with Crippen molar-refractivity contribution in [2.75, 3.05) is 67.5 Å². The van der Waals surface area contributed by atoms with E-state index >= 15 is 0 Å². The molecule has 0 radical (unpaired) electrons. The van der Waals surface area contributed by atoms with Crippen molar-refractivity contribution >= 4 is 58.2 Å². The number of nitrogens with one attached hydrogen (secondary N) is 2. The number of amides is 6. The molecule has 5 fully saturated rings. The first kappa shape index (κ1) is 37.8. The third-order valence-corrected chi connectivity index (χ3v) is 14.1. The Hall–Kier alpha value is -6.20. The van der Waals surface area contributed by atoms with E-state index in [0.29, 0.717) is 41.1 Å². The number of fused-ring (bicyclic) bond motifs is 3. The number of hydrogen-bond acceptors (Lipinski definition) is 12. The summed E-state index contributed by atoms with van der Waals surface area (Å²) in [7, 11) is 0. The molecular weight excluding hydrogens is 779 g/mol. The van der Waals surface area contributed by atoms with Gasteiger partial charge in [0, 0.05) is 94.0 Å². The molecule has 61 heavy (non-hydrogen) atoms. The lowest BCUT2D eigenvalue weighted by Crippen LogP contribution is -2.62. The van der Waals surface area contributed by atoms with Crippen molar-refractivity contribution < 1.29 is 28.8 Å². The number of nitrogens with zero attached hydrogens (tertiary/aromatic N) is 9. The number of benzene rings is 2. The van der Waals surface area contributed by atoms with Crippen molar-refractivity contribution in [3.05, 3.63) is 82.8 Å². The fourth-order valence-electron chi connectivity index (χ4n) is 10.5. The van der Waals surface area contributed by atoms with Crippen LogP contribution < -0.4 is 20.4 Å². The van der Waals surface area contributed by atoms with Gasteiger partial charge >= 0.3 is 0 Å². The van der Waals surface area contributed by atoms with Gasteiger partial charge in [0.05, 0.1) is 28.7 Å². The van der Waals surface area contributed by atoms with Crippen LogP contribution in [0.15, 0.2) is 55.0 Å². The van der Waals surface area contributed by atoms with Crippen LogP contribution in [0, 0.1) is 0 Å². The molecule has 7 aliphatic rings. The fraction of sp³-hybridized carbons (Fsp3) is 0.455. The SMILES string of the molecule is O=C1CCC(N2C(=O)c3ccc(N4CC(N5CCC(N6Cc7cc(NC(=O)c8cnn9cccnc89)c(N8CCC(N9CCC9)CC8)cc7C6=O)CC5)C4)cc3C2=O)C(=O)N1. The molecule has 4 aromatic rings. The van der Waals surface area contributed by atoms with E-state index in [4.69, 9.17) is 0 Å². The second-order valence-electron chi connectivity index (χ2n) is 17.5. The minimum atomic E-state index is -0.993. The van der Waals surface area contributed by atoms with E-state index in [9.17, 15) is 28.8 Å². The highest BCUT2D eigenvalue weighted by atomic mass is 16.2. The Morgan fingerprint density at radius 1 is 0.754 bits per heavy atom. The Labute approximate surface area is 351 Å². The smallest absolute Gasteiger partial charge is 0.262 e. The first-order chi connectivity index (χ1) is 29.7. The minimum absolute atomic E-state index is 0.0468.